The topological polar surface area (TPSA) is 113 Å². The van der Waals surface area contributed by atoms with E-state index in [1.807, 2.05) is 26.0 Å². The van der Waals surface area contributed by atoms with Gasteiger partial charge >= 0.3 is 11.9 Å². The van der Waals surface area contributed by atoms with E-state index in [4.69, 9.17) is 23.7 Å². The molecule has 2 saturated carbocycles. The molecule has 1 N–H and O–H groups in total. The number of ether oxygens (including phenoxy) is 5. The van der Waals surface area contributed by atoms with Crippen molar-refractivity contribution < 1.29 is 38.1 Å². The van der Waals surface area contributed by atoms with Crippen molar-refractivity contribution in [2.75, 3.05) is 40.6 Å². The molecule has 1 aromatic rings. The third kappa shape index (κ3) is 10.6. The zero-order valence-corrected chi connectivity index (χ0v) is 30.9. The normalized spacial score (nSPS) is 23.0. The fourth-order valence-corrected chi connectivity index (χ4v) is 7.38. The molecule has 4 rings (SSSR count). The summed E-state index contributed by atoms with van der Waals surface area (Å²) in [7, 11) is 3.29. The van der Waals surface area contributed by atoms with E-state index in [1.165, 1.54) is 12.8 Å². The monoisotopic (exact) mass is 674 g/mol. The lowest BCUT2D eigenvalue weighted by Crippen LogP contribution is -2.46. The number of rotatable bonds is 17. The van der Waals surface area contributed by atoms with Crippen molar-refractivity contribution in [2.45, 2.75) is 130 Å². The molecule has 0 radical (unpaired) electrons. The van der Waals surface area contributed by atoms with E-state index < -0.39 is 0 Å². The van der Waals surface area contributed by atoms with Crippen LogP contribution < -0.4 is 14.8 Å². The summed E-state index contributed by atoms with van der Waals surface area (Å²) in [5.74, 6) is 0.803. The number of amides is 1. The molecule has 0 bridgehead atoms. The Bertz CT molecular complexity index is 1170. The number of hydrogen-bond acceptors (Lipinski definition) is 9. The first-order valence-electron chi connectivity index (χ1n) is 18.2. The molecule has 10 heteroatoms. The molecule has 1 amide bonds. The number of hydrogen-bond donors (Lipinski definition) is 1. The highest BCUT2D eigenvalue weighted by molar-refractivity contribution is 5.84. The van der Waals surface area contributed by atoms with Crippen LogP contribution in [0.1, 0.15) is 111 Å². The second-order valence-corrected chi connectivity index (χ2v) is 14.2. The highest BCUT2D eigenvalue weighted by atomic mass is 16.5. The highest BCUT2D eigenvalue weighted by Crippen LogP contribution is 2.68. The van der Waals surface area contributed by atoms with Crippen LogP contribution >= 0.6 is 0 Å². The van der Waals surface area contributed by atoms with E-state index in [-0.39, 0.29) is 60.0 Å². The molecular weight excluding hydrogens is 612 g/mol. The minimum atomic E-state index is -0.339. The predicted molar refractivity (Wildman–Crippen MR) is 186 cm³/mol. The van der Waals surface area contributed by atoms with Crippen LogP contribution in [-0.4, -0.2) is 81.6 Å². The molecule has 3 aliphatic rings. The first-order valence-corrected chi connectivity index (χ1v) is 18.2. The van der Waals surface area contributed by atoms with Crippen molar-refractivity contribution in [1.82, 2.24) is 10.2 Å². The van der Waals surface area contributed by atoms with Crippen molar-refractivity contribution in [3.8, 4) is 11.5 Å². The summed E-state index contributed by atoms with van der Waals surface area (Å²) < 4.78 is 28.2. The molecule has 2 aliphatic carbocycles. The molecule has 1 aliphatic heterocycles. The Hall–Kier alpha value is -2.85. The Morgan fingerprint density at radius 3 is 2.21 bits per heavy atom. The van der Waals surface area contributed by atoms with Gasteiger partial charge in [0.05, 0.1) is 26.9 Å². The molecule has 3 fully saturated rings. The van der Waals surface area contributed by atoms with E-state index in [1.54, 1.807) is 14.2 Å². The molecule has 48 heavy (non-hydrogen) atoms. The maximum atomic E-state index is 12.5. The number of carbonyl (C=O) groups is 3. The summed E-state index contributed by atoms with van der Waals surface area (Å²) in [6.45, 7) is 14.5. The number of esters is 2. The maximum Gasteiger partial charge on any atom is 0.307 e. The fraction of sp³-hybridized carbons (Fsp3) is 0.763. The lowest BCUT2D eigenvalue weighted by atomic mass is 9.91. The van der Waals surface area contributed by atoms with Crippen molar-refractivity contribution >= 4 is 17.8 Å². The Morgan fingerprint density at radius 1 is 0.875 bits per heavy atom. The molecule has 0 spiro atoms. The van der Waals surface area contributed by atoms with Crippen LogP contribution in [0.3, 0.4) is 0 Å². The van der Waals surface area contributed by atoms with Crippen LogP contribution in [0.2, 0.25) is 0 Å². The Labute approximate surface area is 288 Å². The van der Waals surface area contributed by atoms with Crippen LogP contribution in [-0.2, 0) is 35.0 Å². The summed E-state index contributed by atoms with van der Waals surface area (Å²) in [6, 6.07) is 6.34. The summed E-state index contributed by atoms with van der Waals surface area (Å²) >= 11 is 0. The van der Waals surface area contributed by atoms with Gasteiger partial charge in [-0.1, -0.05) is 66.9 Å². The van der Waals surface area contributed by atoms with E-state index in [2.05, 4.69) is 44.0 Å². The molecule has 1 saturated heterocycles. The zero-order valence-electron chi connectivity index (χ0n) is 30.9. The molecule has 1 unspecified atom stereocenters. The van der Waals surface area contributed by atoms with E-state index in [9.17, 15) is 14.4 Å². The number of likely N-dealkylation sites (tertiary alicyclic amines) is 1. The van der Waals surface area contributed by atoms with Gasteiger partial charge in [0, 0.05) is 37.9 Å². The number of benzene rings is 1. The molecule has 1 heterocycles. The average Bonchev–Trinajstić information content (AvgIpc) is 3.32. The number of unbranched alkanes of at least 4 members (excludes halogenated alkanes) is 2. The molecular formula is C38H62N2O8. The molecule has 3 atom stereocenters. The molecule has 1 aromatic carbocycles. The first kappa shape index (κ1) is 39.6. The Morgan fingerprint density at radius 2 is 1.54 bits per heavy atom. The smallest absolute Gasteiger partial charge is 0.307 e. The van der Waals surface area contributed by atoms with Gasteiger partial charge in [-0.2, -0.15) is 0 Å². The third-order valence-electron chi connectivity index (χ3n) is 10.8. The molecule has 0 aromatic heterocycles. The predicted octanol–water partition coefficient (Wildman–Crippen LogP) is 6.47. The minimum absolute atomic E-state index is 0.0535. The Kier molecular flexibility index (Phi) is 15.5. The van der Waals surface area contributed by atoms with Crippen molar-refractivity contribution in [3.63, 3.8) is 0 Å². The van der Waals surface area contributed by atoms with Crippen molar-refractivity contribution in [1.29, 1.82) is 0 Å². The van der Waals surface area contributed by atoms with Gasteiger partial charge in [0.15, 0.2) is 18.2 Å². The van der Waals surface area contributed by atoms with Crippen LogP contribution in [0.5, 0.6) is 11.5 Å². The van der Waals surface area contributed by atoms with Crippen LogP contribution in [0.15, 0.2) is 18.2 Å². The average molecular weight is 675 g/mol. The van der Waals surface area contributed by atoms with E-state index in [0.29, 0.717) is 31.9 Å². The standard InChI is InChI=1S/C36H56N2O8.C2H6/c1-35(2)33(36(35,3)4)34(41)37-24-45-31(39)14-8-7-9-15-32(40)46-26-18-20-38(23-26)27-12-10-11-13-28(27)44-21-19-25-16-17-29(42-5)30(22-25)43-6;1-2/h16-17,22,26-28,33H,7-15,18-21,23-24H2,1-6H3,(H,37,41);1-2H3/t26-,27-,28?;/m1./s1. The summed E-state index contributed by atoms with van der Waals surface area (Å²) in [6.07, 6.45) is 8.94. The van der Waals surface area contributed by atoms with Gasteiger partial charge in [0.25, 0.3) is 0 Å². The number of nitrogens with one attached hydrogen (secondary N) is 1. The van der Waals surface area contributed by atoms with Crippen molar-refractivity contribution in [2.24, 2.45) is 16.7 Å². The molecule has 272 valence electrons. The van der Waals surface area contributed by atoms with Gasteiger partial charge in [-0.3, -0.25) is 19.3 Å². The van der Waals surface area contributed by atoms with Crippen LogP contribution in [0, 0.1) is 16.7 Å². The Balaban J connectivity index is 0.00000307. The second-order valence-electron chi connectivity index (χ2n) is 14.2. The highest BCUT2D eigenvalue weighted by Gasteiger charge is 2.68. The lowest BCUT2D eigenvalue weighted by molar-refractivity contribution is -0.149. The number of carbonyl (C=O) groups excluding carboxylic acids is 3. The van der Waals surface area contributed by atoms with Gasteiger partial charge in [-0.15, -0.1) is 0 Å². The third-order valence-corrected chi connectivity index (χ3v) is 10.8. The quantitative estimate of drug-likeness (QED) is 0.113. The second kappa shape index (κ2) is 18.8. The van der Waals surface area contributed by atoms with Gasteiger partial charge in [-0.05, 0) is 67.1 Å². The van der Waals surface area contributed by atoms with E-state index >= 15 is 0 Å². The SMILES string of the molecule is CC.COc1ccc(CCOC2CCCC[C@H]2N2CC[C@@H](OC(=O)CCCCCC(=O)OCNC(=O)C3C(C)(C)C3(C)C)C2)cc1OC. The van der Waals surface area contributed by atoms with Gasteiger partial charge in [0.1, 0.15) is 6.10 Å². The number of nitrogens with zero attached hydrogens (tertiary/aromatic N) is 1. The largest absolute Gasteiger partial charge is 0.493 e. The fourth-order valence-electron chi connectivity index (χ4n) is 7.38. The van der Waals surface area contributed by atoms with Gasteiger partial charge < -0.3 is 29.0 Å². The summed E-state index contributed by atoms with van der Waals surface area (Å²) in [5.41, 5.74) is 1.05. The van der Waals surface area contributed by atoms with Crippen LogP contribution in [0.25, 0.3) is 0 Å². The number of methoxy groups -OCH3 is 2. The van der Waals surface area contributed by atoms with Gasteiger partial charge in [-0.25, -0.2) is 0 Å². The summed E-state index contributed by atoms with van der Waals surface area (Å²) in [5, 5.41) is 2.72. The van der Waals surface area contributed by atoms with E-state index in [0.717, 1.165) is 62.3 Å². The first-order chi connectivity index (χ1) is 23.0. The maximum absolute atomic E-state index is 12.5. The zero-order chi connectivity index (χ0) is 35.3. The lowest BCUT2D eigenvalue weighted by Gasteiger charge is -2.37. The van der Waals surface area contributed by atoms with Gasteiger partial charge in [0.2, 0.25) is 5.91 Å². The molecule has 10 nitrogen and oxygen atoms in total. The summed E-state index contributed by atoms with van der Waals surface area (Å²) in [4.78, 5) is 39.4. The minimum Gasteiger partial charge on any atom is -0.493 e. The van der Waals surface area contributed by atoms with Crippen molar-refractivity contribution in [3.05, 3.63) is 23.8 Å². The van der Waals surface area contributed by atoms with Crippen LogP contribution in [0.4, 0.5) is 0 Å².